The number of hydrogen-bond donors (Lipinski definition) is 1. The number of nitrogens with zero attached hydrogens (tertiary/aromatic N) is 2. The van der Waals surface area contributed by atoms with Gasteiger partial charge in [0.2, 0.25) is 15.7 Å². The van der Waals surface area contributed by atoms with Gasteiger partial charge >= 0.3 is 18.2 Å². The summed E-state index contributed by atoms with van der Waals surface area (Å²) < 4.78 is 8.69. The van der Waals surface area contributed by atoms with E-state index in [1.54, 1.807) is 0 Å². The maximum Gasteiger partial charge on any atom is 0.416 e. The number of amides is 4. The van der Waals surface area contributed by atoms with Gasteiger partial charge in [0.05, 0.1) is 14.2 Å². The van der Waals surface area contributed by atoms with E-state index in [0.717, 1.165) is 14.2 Å². The zero-order valence-corrected chi connectivity index (χ0v) is 13.3. The monoisotopic (exact) mass is 338 g/mol. The first-order valence-electron chi connectivity index (χ1n) is 6.71. The van der Waals surface area contributed by atoms with Gasteiger partial charge in [-0.1, -0.05) is 0 Å². The molecule has 12 heteroatoms. The van der Waals surface area contributed by atoms with E-state index in [4.69, 9.17) is 20.8 Å². The van der Waals surface area contributed by atoms with Gasteiger partial charge in [0.25, 0.3) is 0 Å². The lowest BCUT2D eigenvalue weighted by atomic mass is 10.0. The molecule has 0 saturated carbocycles. The molecule has 0 fully saturated rings. The van der Waals surface area contributed by atoms with Crippen molar-refractivity contribution in [3.63, 3.8) is 0 Å². The van der Waals surface area contributed by atoms with Crippen LogP contribution in [0.4, 0.5) is 19.2 Å². The summed E-state index contributed by atoms with van der Waals surface area (Å²) >= 11 is 0. The molecule has 1 atom stereocenters. The third-order valence-corrected chi connectivity index (χ3v) is 2.98. The highest BCUT2D eigenvalue weighted by atomic mass is 16.5. The molecule has 0 bridgehead atoms. The molecule has 1 N–H and O–H groups in total. The van der Waals surface area contributed by atoms with Crippen molar-refractivity contribution >= 4 is 45.5 Å². The average Bonchev–Trinajstić information content (AvgIpc) is 2.51. The van der Waals surface area contributed by atoms with Gasteiger partial charge in [0.1, 0.15) is 6.04 Å². The van der Waals surface area contributed by atoms with Crippen LogP contribution in [0.1, 0.15) is 19.3 Å². The van der Waals surface area contributed by atoms with Gasteiger partial charge < -0.3 is 14.6 Å². The van der Waals surface area contributed by atoms with Crippen LogP contribution >= 0.6 is 0 Å². The Kier molecular flexibility index (Phi) is 9.21. The van der Waals surface area contributed by atoms with Gasteiger partial charge in [-0.15, -0.1) is 0 Å². The van der Waals surface area contributed by atoms with Crippen LogP contribution in [0.3, 0.4) is 0 Å². The summed E-state index contributed by atoms with van der Waals surface area (Å²) in [5, 5.41) is 9.14. The van der Waals surface area contributed by atoms with E-state index in [1.807, 2.05) is 0 Å². The maximum absolute atomic E-state index is 11.5. The van der Waals surface area contributed by atoms with E-state index in [0.29, 0.717) is 4.90 Å². The van der Waals surface area contributed by atoms with Crippen LogP contribution in [0.15, 0.2) is 0 Å². The smallest absolute Gasteiger partial charge is 0.416 e. The van der Waals surface area contributed by atoms with Gasteiger partial charge in [-0.2, -0.15) is 0 Å². The lowest BCUT2D eigenvalue weighted by molar-refractivity contribution is -0.141. The minimum absolute atomic E-state index is 0.122. The summed E-state index contributed by atoms with van der Waals surface area (Å²) in [6.07, 6.45) is -2.02. The van der Waals surface area contributed by atoms with Crippen LogP contribution < -0.4 is 0 Å². The van der Waals surface area contributed by atoms with Crippen LogP contribution in [-0.4, -0.2) is 87.2 Å². The first-order valence-corrected chi connectivity index (χ1v) is 6.71. The van der Waals surface area contributed by atoms with Crippen LogP contribution in [-0.2, 0) is 14.3 Å². The van der Waals surface area contributed by atoms with Crippen molar-refractivity contribution in [3.8, 4) is 0 Å². The number of ether oxygens (including phenoxy) is 2. The zero-order valence-electron chi connectivity index (χ0n) is 13.3. The molecule has 0 rings (SSSR count). The first kappa shape index (κ1) is 21.5. The van der Waals surface area contributed by atoms with Crippen LogP contribution in [0.2, 0.25) is 0 Å². The standard InChI is InChI=1S/C12H16B2N2O8/c1-23-11(21)15(9(13)19)6-4-3-5-7(8(17)18)16(10(14)20)12(22)24-2/h7H,3-6H2,1-2H3,(H,17,18). The SMILES string of the molecule is [B]C(=O)N(CCCCC(C(=O)O)N(C([B])=O)C(=O)OC)C(=O)OC. The second-order valence-electron chi connectivity index (χ2n) is 4.49. The predicted octanol–water partition coefficient (Wildman–Crippen LogP) is 0.324. The predicted molar refractivity (Wildman–Crippen MR) is 80.9 cm³/mol. The number of hydrogen-bond acceptors (Lipinski definition) is 7. The van der Waals surface area contributed by atoms with Gasteiger partial charge in [-0.25, -0.2) is 19.3 Å². The Bertz CT molecular complexity index is 513. The Morgan fingerprint density at radius 3 is 1.88 bits per heavy atom. The molecular formula is C12H16B2N2O8. The van der Waals surface area contributed by atoms with Crippen LogP contribution in [0, 0.1) is 0 Å². The van der Waals surface area contributed by atoms with Crippen molar-refractivity contribution < 1.29 is 38.6 Å². The number of carboxylic acid groups (broad SMARTS) is 1. The maximum atomic E-state index is 11.5. The lowest BCUT2D eigenvalue weighted by Gasteiger charge is -2.25. The summed E-state index contributed by atoms with van der Waals surface area (Å²) in [4.78, 5) is 57.2. The molecule has 10 nitrogen and oxygen atoms in total. The number of carbonyl (C=O) groups excluding carboxylic acids is 4. The number of aliphatic carboxylic acids is 1. The summed E-state index contributed by atoms with van der Waals surface area (Å²) in [6.45, 7) is -0.122. The minimum atomic E-state index is -1.55. The van der Waals surface area contributed by atoms with Crippen molar-refractivity contribution in [1.82, 2.24) is 9.80 Å². The summed E-state index contributed by atoms with van der Waals surface area (Å²) in [5.74, 6) is -3.76. The van der Waals surface area contributed by atoms with E-state index in [9.17, 15) is 24.0 Å². The number of carboxylic acids is 1. The van der Waals surface area contributed by atoms with E-state index < -0.39 is 35.8 Å². The number of carbonyl (C=O) groups is 5. The Balaban J connectivity index is 4.79. The number of unbranched alkanes of at least 4 members (excludes halogenated alkanes) is 1. The Morgan fingerprint density at radius 1 is 0.958 bits per heavy atom. The fraction of sp³-hybridized carbons (Fsp3) is 0.583. The molecule has 0 saturated heterocycles. The topological polar surface area (TPSA) is 131 Å². The number of methoxy groups -OCH3 is 2. The van der Waals surface area contributed by atoms with Crippen molar-refractivity contribution in [1.29, 1.82) is 0 Å². The number of imide groups is 2. The molecular weight excluding hydrogens is 322 g/mol. The van der Waals surface area contributed by atoms with Crippen molar-refractivity contribution in [3.05, 3.63) is 0 Å². The van der Waals surface area contributed by atoms with Gasteiger partial charge in [-0.3, -0.25) is 14.5 Å². The summed E-state index contributed by atoms with van der Waals surface area (Å²) in [7, 11) is 12.0. The molecule has 0 heterocycles. The Hall–Kier alpha value is -2.52. The van der Waals surface area contributed by atoms with E-state index >= 15 is 0 Å². The van der Waals surface area contributed by atoms with Gasteiger partial charge in [0.15, 0.2) is 11.6 Å². The third-order valence-electron chi connectivity index (χ3n) is 2.98. The highest BCUT2D eigenvalue weighted by Crippen LogP contribution is 2.12. The normalized spacial score (nSPS) is 11.1. The molecule has 0 aliphatic rings. The van der Waals surface area contributed by atoms with Crippen molar-refractivity contribution in [2.24, 2.45) is 0 Å². The molecule has 1 unspecified atom stereocenters. The average molecular weight is 338 g/mol. The second kappa shape index (κ2) is 10.3. The summed E-state index contributed by atoms with van der Waals surface area (Å²) in [6, 6.07) is -1.55. The lowest BCUT2D eigenvalue weighted by Crippen LogP contribution is -2.48. The van der Waals surface area contributed by atoms with Gasteiger partial charge in [0, 0.05) is 6.54 Å². The first-order chi connectivity index (χ1) is 11.2. The molecule has 24 heavy (non-hydrogen) atoms. The Morgan fingerprint density at radius 2 is 1.50 bits per heavy atom. The quantitative estimate of drug-likeness (QED) is 0.519. The van der Waals surface area contributed by atoms with Crippen LogP contribution in [0.5, 0.6) is 0 Å². The fourth-order valence-corrected chi connectivity index (χ4v) is 1.84. The van der Waals surface area contributed by atoms with Crippen LogP contribution in [0.25, 0.3) is 0 Å². The Labute approximate surface area is 140 Å². The molecule has 0 spiro atoms. The molecule has 0 aliphatic carbocycles. The van der Waals surface area contributed by atoms with E-state index in [-0.39, 0.29) is 30.7 Å². The molecule has 4 radical (unpaired) electrons. The molecule has 0 aromatic heterocycles. The number of rotatable bonds is 7. The fourth-order valence-electron chi connectivity index (χ4n) is 1.84. The van der Waals surface area contributed by atoms with Crippen molar-refractivity contribution in [2.45, 2.75) is 25.3 Å². The molecule has 0 aromatic carbocycles. The molecule has 4 amide bonds. The molecule has 0 aliphatic heterocycles. The van der Waals surface area contributed by atoms with E-state index in [2.05, 4.69) is 9.47 Å². The van der Waals surface area contributed by atoms with E-state index in [1.165, 1.54) is 0 Å². The molecule has 128 valence electrons. The zero-order chi connectivity index (χ0) is 18.9. The largest absolute Gasteiger partial charge is 0.480 e. The minimum Gasteiger partial charge on any atom is -0.480 e. The molecule has 0 aromatic rings. The second-order valence-corrected chi connectivity index (χ2v) is 4.49. The summed E-state index contributed by atoms with van der Waals surface area (Å²) in [5.41, 5.74) is 0. The van der Waals surface area contributed by atoms with Crippen molar-refractivity contribution in [2.75, 3.05) is 20.8 Å². The highest BCUT2D eigenvalue weighted by molar-refractivity contribution is 6.58. The highest BCUT2D eigenvalue weighted by Gasteiger charge is 2.32. The van der Waals surface area contributed by atoms with Gasteiger partial charge in [-0.05, 0) is 19.3 Å². The third kappa shape index (κ3) is 6.31.